The molecule has 1 saturated heterocycles. The van der Waals surface area contributed by atoms with Gasteiger partial charge >= 0.3 is 0 Å². The van der Waals surface area contributed by atoms with E-state index in [4.69, 9.17) is 16.3 Å². The largest absolute Gasteiger partial charge is 0.503 e. The number of carbonyl (C=O) groups excluding carboxylic acids is 1. The van der Waals surface area contributed by atoms with Crippen molar-refractivity contribution < 1.29 is 23.1 Å². The summed E-state index contributed by atoms with van der Waals surface area (Å²) in [4.78, 5) is 12.6. The molecule has 1 aliphatic rings. The first-order valence-electron chi connectivity index (χ1n) is 8.72. The highest BCUT2D eigenvalue weighted by Gasteiger charge is 2.27. The van der Waals surface area contributed by atoms with Gasteiger partial charge in [-0.2, -0.15) is 4.31 Å². The zero-order valence-electron chi connectivity index (χ0n) is 15.3. The van der Waals surface area contributed by atoms with Gasteiger partial charge in [0.25, 0.3) is 0 Å². The van der Waals surface area contributed by atoms with Crippen molar-refractivity contribution >= 4 is 33.5 Å². The van der Waals surface area contributed by atoms with E-state index in [1.165, 1.54) is 47.8 Å². The Bertz CT molecular complexity index is 1010. The number of halogens is 1. The van der Waals surface area contributed by atoms with Crippen molar-refractivity contribution in [1.82, 2.24) is 4.31 Å². The van der Waals surface area contributed by atoms with Crippen LogP contribution < -0.4 is 4.74 Å². The Morgan fingerprint density at radius 2 is 1.82 bits per heavy atom. The standard InChI is InChI=1S/C20H20ClNO5S/c1-27-19-13-14(12-17(21)20(19)24)4-9-18(23)15-5-7-16(8-6-15)28(25,26)22-10-2-3-11-22/h4-9,12-13,24H,2-3,10-11H2,1H3/b9-4+. The highest BCUT2D eigenvalue weighted by molar-refractivity contribution is 7.89. The van der Waals surface area contributed by atoms with Crippen molar-refractivity contribution in [1.29, 1.82) is 0 Å². The number of carbonyl (C=O) groups is 1. The summed E-state index contributed by atoms with van der Waals surface area (Å²) < 4.78 is 31.6. The molecule has 2 aromatic rings. The molecule has 1 aliphatic heterocycles. The minimum Gasteiger partial charge on any atom is -0.503 e. The molecule has 0 aliphatic carbocycles. The topological polar surface area (TPSA) is 83.9 Å². The van der Waals surface area contributed by atoms with Crippen molar-refractivity contribution in [3.63, 3.8) is 0 Å². The summed E-state index contributed by atoms with van der Waals surface area (Å²) in [5.74, 6) is -0.244. The number of sulfonamides is 1. The number of nitrogens with zero attached hydrogens (tertiary/aromatic N) is 1. The van der Waals surface area contributed by atoms with Crippen LogP contribution in [-0.2, 0) is 10.0 Å². The lowest BCUT2D eigenvalue weighted by atomic mass is 10.1. The summed E-state index contributed by atoms with van der Waals surface area (Å²) in [5.41, 5.74) is 0.953. The number of methoxy groups -OCH3 is 1. The predicted octanol–water partition coefficient (Wildman–Crippen LogP) is 3.73. The van der Waals surface area contributed by atoms with Crippen LogP contribution in [0.1, 0.15) is 28.8 Å². The normalized spacial score (nSPS) is 15.2. The van der Waals surface area contributed by atoms with Crippen LogP contribution in [0.4, 0.5) is 0 Å². The maximum atomic E-state index is 12.5. The molecule has 0 bridgehead atoms. The molecule has 0 spiro atoms. The Morgan fingerprint density at radius 1 is 1.18 bits per heavy atom. The number of phenols is 1. The Labute approximate surface area is 169 Å². The van der Waals surface area contributed by atoms with E-state index in [1.807, 2.05) is 0 Å². The number of benzene rings is 2. The van der Waals surface area contributed by atoms with Crippen molar-refractivity contribution in [2.24, 2.45) is 0 Å². The molecule has 0 radical (unpaired) electrons. The van der Waals surface area contributed by atoms with E-state index in [-0.39, 0.29) is 27.2 Å². The van der Waals surface area contributed by atoms with Crippen LogP contribution in [0.5, 0.6) is 11.5 Å². The van der Waals surface area contributed by atoms with Crippen molar-refractivity contribution in [3.8, 4) is 11.5 Å². The molecule has 1 N–H and O–H groups in total. The Morgan fingerprint density at radius 3 is 2.43 bits per heavy atom. The molecular formula is C20H20ClNO5S. The number of ether oxygens (including phenoxy) is 1. The van der Waals surface area contributed by atoms with Gasteiger partial charge in [0, 0.05) is 18.7 Å². The van der Waals surface area contributed by atoms with Gasteiger partial charge in [-0.3, -0.25) is 4.79 Å². The Balaban J connectivity index is 1.76. The summed E-state index contributed by atoms with van der Waals surface area (Å²) in [6.07, 6.45) is 4.64. The highest BCUT2D eigenvalue weighted by Crippen LogP contribution is 2.35. The molecule has 1 fully saturated rings. The van der Waals surface area contributed by atoms with E-state index >= 15 is 0 Å². The van der Waals surface area contributed by atoms with Crippen LogP contribution in [0.3, 0.4) is 0 Å². The fourth-order valence-electron chi connectivity index (χ4n) is 2.98. The van der Waals surface area contributed by atoms with E-state index in [1.54, 1.807) is 12.1 Å². The quantitative estimate of drug-likeness (QED) is 0.567. The highest BCUT2D eigenvalue weighted by atomic mass is 35.5. The van der Waals surface area contributed by atoms with Crippen LogP contribution in [0.15, 0.2) is 47.4 Å². The second-order valence-electron chi connectivity index (χ2n) is 6.39. The number of rotatable bonds is 6. The molecule has 0 atom stereocenters. The number of phenolic OH excluding ortho intramolecular Hbond substituents is 1. The first kappa shape index (κ1) is 20.4. The summed E-state index contributed by atoms with van der Waals surface area (Å²) >= 11 is 5.93. The van der Waals surface area contributed by atoms with E-state index in [0.29, 0.717) is 24.2 Å². The van der Waals surface area contributed by atoms with Crippen LogP contribution in [-0.4, -0.2) is 43.8 Å². The van der Waals surface area contributed by atoms with E-state index < -0.39 is 10.0 Å². The van der Waals surface area contributed by atoms with Gasteiger partial charge in [-0.15, -0.1) is 0 Å². The number of ketones is 1. The predicted molar refractivity (Wildman–Crippen MR) is 107 cm³/mol. The van der Waals surface area contributed by atoms with Gasteiger partial charge in [0.05, 0.1) is 17.0 Å². The van der Waals surface area contributed by atoms with E-state index in [0.717, 1.165) is 12.8 Å². The fraction of sp³-hybridized carbons (Fsp3) is 0.250. The number of hydrogen-bond acceptors (Lipinski definition) is 5. The lowest BCUT2D eigenvalue weighted by molar-refractivity contribution is 0.104. The number of hydrogen-bond donors (Lipinski definition) is 1. The number of aromatic hydroxyl groups is 1. The zero-order valence-corrected chi connectivity index (χ0v) is 16.8. The summed E-state index contributed by atoms with van der Waals surface area (Å²) in [6, 6.07) is 8.97. The molecule has 8 heteroatoms. The van der Waals surface area contributed by atoms with Gasteiger partial charge in [-0.25, -0.2) is 8.42 Å². The molecule has 0 unspecified atom stereocenters. The lowest BCUT2D eigenvalue weighted by Gasteiger charge is -2.15. The molecule has 28 heavy (non-hydrogen) atoms. The maximum absolute atomic E-state index is 12.5. The fourth-order valence-corrected chi connectivity index (χ4v) is 4.72. The third kappa shape index (κ3) is 4.22. The molecule has 6 nitrogen and oxygen atoms in total. The van der Waals surface area contributed by atoms with E-state index in [2.05, 4.69) is 0 Å². The van der Waals surface area contributed by atoms with Gasteiger partial charge in [-0.05, 0) is 60.9 Å². The zero-order chi connectivity index (χ0) is 20.3. The van der Waals surface area contributed by atoms with Gasteiger partial charge in [0.2, 0.25) is 10.0 Å². The summed E-state index contributed by atoms with van der Waals surface area (Å²) in [6.45, 7) is 1.06. The van der Waals surface area contributed by atoms with Crippen LogP contribution in [0.25, 0.3) is 6.08 Å². The molecule has 2 aromatic carbocycles. The molecule has 3 rings (SSSR count). The maximum Gasteiger partial charge on any atom is 0.243 e. The lowest BCUT2D eigenvalue weighted by Crippen LogP contribution is -2.27. The number of allylic oxidation sites excluding steroid dienone is 1. The van der Waals surface area contributed by atoms with Gasteiger partial charge in [0.15, 0.2) is 17.3 Å². The molecule has 148 valence electrons. The molecule has 0 aromatic heterocycles. The third-order valence-corrected chi connectivity index (χ3v) is 6.74. The third-order valence-electron chi connectivity index (χ3n) is 4.54. The summed E-state index contributed by atoms with van der Waals surface area (Å²) in [5, 5.41) is 9.86. The average Bonchev–Trinajstić information content (AvgIpc) is 3.24. The van der Waals surface area contributed by atoms with Crippen molar-refractivity contribution in [2.75, 3.05) is 20.2 Å². The Kier molecular flexibility index (Phi) is 6.07. The first-order valence-corrected chi connectivity index (χ1v) is 10.5. The second-order valence-corrected chi connectivity index (χ2v) is 8.73. The van der Waals surface area contributed by atoms with Crippen LogP contribution >= 0.6 is 11.6 Å². The minimum absolute atomic E-state index is 0.114. The monoisotopic (exact) mass is 421 g/mol. The summed E-state index contributed by atoms with van der Waals surface area (Å²) in [7, 11) is -2.10. The van der Waals surface area contributed by atoms with Crippen molar-refractivity contribution in [3.05, 3.63) is 58.6 Å². The van der Waals surface area contributed by atoms with Gasteiger partial charge in [0.1, 0.15) is 0 Å². The minimum atomic E-state index is -3.50. The molecule has 0 amide bonds. The van der Waals surface area contributed by atoms with Crippen molar-refractivity contribution in [2.45, 2.75) is 17.7 Å². The van der Waals surface area contributed by atoms with E-state index in [9.17, 15) is 18.3 Å². The second kappa shape index (κ2) is 8.34. The molecular weight excluding hydrogens is 402 g/mol. The van der Waals surface area contributed by atoms with Gasteiger partial charge < -0.3 is 9.84 Å². The Hall–Kier alpha value is -2.35. The van der Waals surface area contributed by atoms with Crippen LogP contribution in [0.2, 0.25) is 5.02 Å². The molecule has 0 saturated carbocycles. The van der Waals surface area contributed by atoms with Gasteiger partial charge in [-0.1, -0.05) is 17.7 Å². The smallest absolute Gasteiger partial charge is 0.243 e. The molecule has 1 heterocycles. The SMILES string of the molecule is COc1cc(/C=C/C(=O)c2ccc(S(=O)(=O)N3CCCC3)cc2)cc(Cl)c1O. The average molecular weight is 422 g/mol. The van der Waals surface area contributed by atoms with Crippen LogP contribution in [0, 0.1) is 0 Å². The first-order chi connectivity index (χ1) is 13.3.